The van der Waals surface area contributed by atoms with Crippen LogP contribution in [0.3, 0.4) is 0 Å². The molecule has 0 radical (unpaired) electrons. The van der Waals surface area contributed by atoms with Crippen LogP contribution in [0.5, 0.6) is 5.75 Å². The molecule has 0 amide bonds. The van der Waals surface area contributed by atoms with Gasteiger partial charge in [0.15, 0.2) is 11.6 Å². The van der Waals surface area contributed by atoms with Gasteiger partial charge in [-0.05, 0) is 48.5 Å². The molecule has 4 aromatic carbocycles. The Labute approximate surface area is 222 Å². The lowest BCUT2D eigenvalue weighted by atomic mass is 9.82. The maximum Gasteiger partial charge on any atom is 0.294 e. The van der Waals surface area contributed by atoms with Crippen molar-refractivity contribution < 1.29 is 40.6 Å². The molecule has 198 valence electrons. The molecule has 0 atom stereocenters. The monoisotopic (exact) mass is 566 g/mol. The number of phenolic OH excluding ortho intramolecular Hbond substituents is 1. The predicted molar refractivity (Wildman–Crippen MR) is 140 cm³/mol. The molecule has 39 heavy (non-hydrogen) atoms. The predicted octanol–water partition coefficient (Wildman–Crippen LogP) is 4.15. The first kappa shape index (κ1) is 26.1. The summed E-state index contributed by atoms with van der Waals surface area (Å²) in [5.74, 6) is -1.62. The van der Waals surface area contributed by atoms with Gasteiger partial charge in [0.2, 0.25) is 0 Å². The fourth-order valence-corrected chi connectivity index (χ4v) is 5.18. The minimum atomic E-state index is -4.46. The smallest absolute Gasteiger partial charge is 0.294 e. The normalized spacial score (nSPS) is 13.0. The van der Waals surface area contributed by atoms with Gasteiger partial charge in [0.25, 0.3) is 20.2 Å². The van der Waals surface area contributed by atoms with Gasteiger partial charge in [0.05, 0.1) is 32.3 Å². The van der Waals surface area contributed by atoms with E-state index < -0.39 is 37.6 Å². The van der Waals surface area contributed by atoms with Crippen LogP contribution in [-0.4, -0.2) is 42.6 Å². The van der Waals surface area contributed by atoms with Crippen molar-refractivity contribution in [2.45, 2.75) is 9.79 Å². The van der Waals surface area contributed by atoms with Gasteiger partial charge in [0.1, 0.15) is 5.75 Å². The van der Waals surface area contributed by atoms with Crippen molar-refractivity contribution in [3.05, 3.63) is 101 Å². The highest BCUT2D eigenvalue weighted by Crippen LogP contribution is 2.43. The number of aromatic hydroxyl groups is 1. The molecule has 5 N–H and O–H groups in total. The van der Waals surface area contributed by atoms with E-state index in [4.69, 9.17) is 0 Å². The van der Waals surface area contributed by atoms with E-state index in [1.165, 1.54) is 42.5 Å². The summed E-state index contributed by atoms with van der Waals surface area (Å²) in [5, 5.41) is 16.8. The second-order valence-electron chi connectivity index (χ2n) is 8.52. The summed E-state index contributed by atoms with van der Waals surface area (Å²) in [5.41, 5.74) is 0.627. The minimum Gasteiger partial charge on any atom is -0.507 e. The van der Waals surface area contributed by atoms with Gasteiger partial charge < -0.3 is 15.7 Å². The topological polar surface area (TPSA) is 187 Å². The van der Waals surface area contributed by atoms with Crippen molar-refractivity contribution in [1.82, 2.24) is 0 Å². The molecule has 0 aliphatic heterocycles. The number of hydrogen-bond donors (Lipinski definition) is 5. The Kier molecular flexibility index (Phi) is 6.23. The van der Waals surface area contributed by atoms with Crippen LogP contribution in [0.2, 0.25) is 0 Å². The zero-order valence-corrected chi connectivity index (χ0v) is 21.2. The number of rotatable bonds is 6. The van der Waals surface area contributed by atoms with Crippen LogP contribution in [0.15, 0.2) is 88.7 Å². The van der Waals surface area contributed by atoms with E-state index in [0.717, 1.165) is 24.3 Å². The third-order valence-corrected chi connectivity index (χ3v) is 7.77. The van der Waals surface area contributed by atoms with Crippen molar-refractivity contribution in [3.8, 4) is 5.75 Å². The average Bonchev–Trinajstić information content (AvgIpc) is 2.88. The number of benzene rings is 4. The van der Waals surface area contributed by atoms with Gasteiger partial charge in [-0.2, -0.15) is 16.8 Å². The molecule has 11 nitrogen and oxygen atoms in total. The molecule has 5 rings (SSSR count). The Morgan fingerprint density at radius 2 is 1.03 bits per heavy atom. The Morgan fingerprint density at radius 3 is 1.49 bits per heavy atom. The fraction of sp³-hybridized carbons (Fsp3) is 0. The molecule has 0 saturated heterocycles. The number of anilines is 4. The molecule has 0 spiro atoms. The minimum absolute atomic E-state index is 0.0640. The summed E-state index contributed by atoms with van der Waals surface area (Å²) in [6.45, 7) is 0. The molecule has 0 saturated carbocycles. The van der Waals surface area contributed by atoms with Gasteiger partial charge >= 0.3 is 0 Å². The van der Waals surface area contributed by atoms with Crippen molar-refractivity contribution >= 4 is 54.6 Å². The lowest BCUT2D eigenvalue weighted by Crippen LogP contribution is -2.23. The standard InChI is InChI=1S/C26H18N2O9S2/c29-21-13-20(27-14-5-9-16(10-6-14)38(32,33)34)24(28-15-7-11-17(12-8-15)39(35,36)37)23-22(21)25(30)18-3-1-2-4-19(18)26(23)31/h1-13,27-29H,(H,32,33,34)(H,35,36,37). The van der Waals surface area contributed by atoms with Crippen molar-refractivity contribution in [3.63, 3.8) is 0 Å². The van der Waals surface area contributed by atoms with Gasteiger partial charge in [-0.1, -0.05) is 24.3 Å². The summed E-state index contributed by atoms with van der Waals surface area (Å²) in [6.07, 6.45) is 0. The Balaban J connectivity index is 1.67. The molecule has 0 fully saturated rings. The molecule has 13 heteroatoms. The molecule has 0 heterocycles. The SMILES string of the molecule is O=C1c2ccccc2C(=O)c2c(Nc3ccc(S(=O)(=O)O)cc3)c(Nc3ccc(S(=O)(=O)O)cc3)cc(O)c21. The number of phenols is 1. The highest BCUT2D eigenvalue weighted by molar-refractivity contribution is 7.86. The van der Waals surface area contributed by atoms with E-state index in [-0.39, 0.29) is 49.1 Å². The second kappa shape index (κ2) is 9.32. The number of carbonyl (C=O) groups excluding carboxylic acids is 2. The van der Waals surface area contributed by atoms with E-state index in [1.807, 2.05) is 0 Å². The fourth-order valence-electron chi connectivity index (χ4n) is 4.22. The maximum absolute atomic E-state index is 13.6. The quantitative estimate of drug-likeness (QED) is 0.147. The van der Waals surface area contributed by atoms with E-state index >= 15 is 0 Å². The van der Waals surface area contributed by atoms with Gasteiger partial charge in [-0.15, -0.1) is 0 Å². The first-order chi connectivity index (χ1) is 18.3. The number of carbonyl (C=O) groups is 2. The summed E-state index contributed by atoms with van der Waals surface area (Å²) in [4.78, 5) is 26.2. The molecular formula is C26H18N2O9S2. The van der Waals surface area contributed by atoms with Crippen LogP contribution < -0.4 is 10.6 Å². The first-order valence-electron chi connectivity index (χ1n) is 11.1. The van der Waals surface area contributed by atoms with E-state index in [1.54, 1.807) is 12.1 Å². The third kappa shape index (κ3) is 4.86. The molecule has 4 aromatic rings. The molecule has 0 aromatic heterocycles. The summed E-state index contributed by atoms with van der Waals surface area (Å²) in [6, 6.07) is 17.2. The molecule has 1 aliphatic rings. The zero-order chi connectivity index (χ0) is 28.1. The van der Waals surface area contributed by atoms with Crippen LogP contribution in [0.25, 0.3) is 0 Å². The lowest BCUT2D eigenvalue weighted by Gasteiger charge is -2.25. The average molecular weight is 567 g/mol. The highest BCUT2D eigenvalue weighted by atomic mass is 32.2. The van der Waals surface area contributed by atoms with E-state index in [0.29, 0.717) is 5.69 Å². The number of hydrogen-bond acceptors (Lipinski definition) is 9. The number of ketones is 2. The number of nitrogens with one attached hydrogen (secondary N) is 2. The van der Waals surface area contributed by atoms with Gasteiger partial charge in [-0.25, -0.2) is 0 Å². The number of fused-ring (bicyclic) bond motifs is 2. The Morgan fingerprint density at radius 1 is 0.590 bits per heavy atom. The van der Waals surface area contributed by atoms with Gasteiger partial charge in [-0.3, -0.25) is 18.7 Å². The largest absolute Gasteiger partial charge is 0.507 e. The van der Waals surface area contributed by atoms with Gasteiger partial charge in [0, 0.05) is 28.6 Å². The van der Waals surface area contributed by atoms with Crippen LogP contribution in [-0.2, 0) is 20.2 Å². The van der Waals surface area contributed by atoms with E-state index in [2.05, 4.69) is 10.6 Å². The lowest BCUT2D eigenvalue weighted by molar-refractivity contribution is 0.0977. The Hall–Kier alpha value is -4.56. The highest BCUT2D eigenvalue weighted by Gasteiger charge is 2.35. The summed E-state index contributed by atoms with van der Waals surface area (Å²) >= 11 is 0. The van der Waals surface area contributed by atoms with Crippen molar-refractivity contribution in [1.29, 1.82) is 0 Å². The maximum atomic E-state index is 13.6. The van der Waals surface area contributed by atoms with Crippen LogP contribution >= 0.6 is 0 Å². The molecular weight excluding hydrogens is 548 g/mol. The second-order valence-corrected chi connectivity index (χ2v) is 11.4. The zero-order valence-electron chi connectivity index (χ0n) is 19.6. The molecule has 1 aliphatic carbocycles. The van der Waals surface area contributed by atoms with Crippen LogP contribution in [0.4, 0.5) is 22.7 Å². The Bertz CT molecular complexity index is 1880. The molecule has 0 unspecified atom stereocenters. The van der Waals surface area contributed by atoms with E-state index in [9.17, 15) is 40.6 Å². The van der Waals surface area contributed by atoms with Crippen LogP contribution in [0, 0.1) is 0 Å². The first-order valence-corrected chi connectivity index (χ1v) is 14.0. The van der Waals surface area contributed by atoms with Crippen molar-refractivity contribution in [2.24, 2.45) is 0 Å². The van der Waals surface area contributed by atoms with Crippen LogP contribution in [0.1, 0.15) is 31.8 Å². The summed E-state index contributed by atoms with van der Waals surface area (Å²) in [7, 11) is -8.90. The molecule has 0 bridgehead atoms. The van der Waals surface area contributed by atoms with Crippen molar-refractivity contribution in [2.75, 3.05) is 10.6 Å². The summed E-state index contributed by atoms with van der Waals surface area (Å²) < 4.78 is 64.1. The third-order valence-electron chi connectivity index (χ3n) is 6.03.